The molecule has 0 aliphatic heterocycles. The summed E-state index contributed by atoms with van der Waals surface area (Å²) < 4.78 is 2.00. The van der Waals surface area contributed by atoms with Crippen LogP contribution in [0.1, 0.15) is 5.82 Å². The molecule has 45 heavy (non-hydrogen) atoms. The van der Waals surface area contributed by atoms with Crippen LogP contribution in [0.4, 0.5) is 0 Å². The van der Waals surface area contributed by atoms with Crippen LogP contribution in [0.2, 0.25) is 0 Å². The number of hydrogen-bond donors (Lipinski definition) is 0. The third-order valence-electron chi connectivity index (χ3n) is 8.48. The predicted octanol–water partition coefficient (Wildman–Crippen LogP) is 8.34. The number of rotatable bonds is 5. The first kappa shape index (κ1) is 27.2. The first-order valence-corrected chi connectivity index (χ1v) is 14.9. The number of aromatic nitrogens is 3. The molecular formula is C39H24B3N3. The first-order valence-electron chi connectivity index (χ1n) is 14.9. The van der Waals surface area contributed by atoms with E-state index < -0.39 is 5.11 Å². The largest absolute Gasteiger partial charge is 0.297 e. The average Bonchev–Trinajstić information content (AvgIpc) is 3.48. The summed E-state index contributed by atoms with van der Waals surface area (Å²) in [5.74, 6) is 0.385. The molecule has 0 aliphatic rings. The van der Waals surface area contributed by atoms with Crippen molar-refractivity contribution in [1.29, 1.82) is 0 Å². The highest BCUT2D eigenvalue weighted by atomic mass is 15.1. The fourth-order valence-corrected chi connectivity index (χ4v) is 6.54. The van der Waals surface area contributed by atoms with E-state index in [0.29, 0.717) is 5.82 Å². The minimum absolute atomic E-state index is 0.385. The number of fused-ring (bicyclic) bond motifs is 3. The van der Waals surface area contributed by atoms with Crippen molar-refractivity contribution in [1.82, 2.24) is 14.5 Å². The second-order valence-corrected chi connectivity index (χ2v) is 11.4. The topological polar surface area (TPSA) is 30.7 Å². The maximum Gasteiger partial charge on any atom is 0.0951 e. The molecule has 0 N–H and O–H groups in total. The molecule has 0 spiro atoms. The SMILES string of the molecule is [B]C([B])([B])c1nc2ccccc2n1-c1ccccc1-c1c2ccccc2c(-c2ccc(-c3ccncc3)cc2)c2ccccc12. The molecule has 0 saturated heterocycles. The molecule has 6 heteroatoms. The van der Waals surface area contributed by atoms with Crippen LogP contribution in [0.5, 0.6) is 0 Å². The van der Waals surface area contributed by atoms with E-state index in [-0.39, 0.29) is 0 Å². The molecule has 0 saturated carbocycles. The molecule has 0 aliphatic carbocycles. The number of hydrogen-bond acceptors (Lipinski definition) is 2. The summed E-state index contributed by atoms with van der Waals surface area (Å²) in [4.78, 5) is 8.95. The Morgan fingerprint density at radius 2 is 1.00 bits per heavy atom. The fraction of sp³-hybridized carbons (Fsp3) is 0.0256. The van der Waals surface area contributed by atoms with Gasteiger partial charge in [-0.2, -0.15) is 0 Å². The van der Waals surface area contributed by atoms with E-state index in [1.807, 2.05) is 59.4 Å². The third kappa shape index (κ3) is 4.57. The van der Waals surface area contributed by atoms with Crippen molar-refractivity contribution >= 4 is 56.1 Å². The van der Waals surface area contributed by atoms with Gasteiger partial charge in [0.2, 0.25) is 0 Å². The lowest BCUT2D eigenvalue weighted by molar-refractivity contribution is 0.931. The molecule has 204 valence electrons. The molecule has 8 aromatic rings. The summed E-state index contributed by atoms with van der Waals surface area (Å²) >= 11 is 0. The van der Waals surface area contributed by atoms with E-state index in [0.717, 1.165) is 55.3 Å². The number of nitrogens with zero attached hydrogens (tertiary/aromatic N) is 3. The Labute approximate surface area is 265 Å². The molecule has 2 aromatic heterocycles. The van der Waals surface area contributed by atoms with Gasteiger partial charge in [0.05, 0.1) is 46.1 Å². The Bertz CT molecular complexity index is 2300. The molecule has 0 bridgehead atoms. The summed E-state index contributed by atoms with van der Waals surface area (Å²) in [6, 6.07) is 46.3. The van der Waals surface area contributed by atoms with Gasteiger partial charge in [0, 0.05) is 18.0 Å². The molecule has 3 nitrogen and oxygen atoms in total. The number of imidazole rings is 1. The quantitative estimate of drug-likeness (QED) is 0.155. The summed E-state index contributed by atoms with van der Waals surface area (Å²) in [6.45, 7) is 0. The van der Waals surface area contributed by atoms with Crippen LogP contribution in [0.25, 0.3) is 71.6 Å². The summed E-state index contributed by atoms with van der Waals surface area (Å²) in [5, 5.41) is 2.96. The Morgan fingerprint density at radius 3 is 1.64 bits per heavy atom. The lowest BCUT2D eigenvalue weighted by atomic mass is 9.42. The fourth-order valence-electron chi connectivity index (χ4n) is 6.54. The van der Waals surface area contributed by atoms with Gasteiger partial charge in [-0.1, -0.05) is 108 Å². The number of benzene rings is 6. The van der Waals surface area contributed by atoms with Crippen LogP contribution in [0.3, 0.4) is 0 Å². The number of pyridine rings is 1. The molecule has 6 radical (unpaired) electrons. The second kappa shape index (κ2) is 10.7. The predicted molar refractivity (Wildman–Crippen MR) is 189 cm³/mol. The van der Waals surface area contributed by atoms with Crippen LogP contribution in [-0.2, 0) is 5.11 Å². The zero-order valence-corrected chi connectivity index (χ0v) is 24.4. The van der Waals surface area contributed by atoms with E-state index in [9.17, 15) is 0 Å². The number of para-hydroxylation sites is 3. The van der Waals surface area contributed by atoms with Gasteiger partial charge in [-0.25, -0.2) is 4.98 Å². The molecule has 6 aromatic carbocycles. The molecule has 0 amide bonds. The maximum atomic E-state index is 6.33. The molecule has 0 atom stereocenters. The molecular weight excluding hydrogens is 543 g/mol. The van der Waals surface area contributed by atoms with Gasteiger partial charge < -0.3 is 0 Å². The van der Waals surface area contributed by atoms with E-state index in [1.54, 1.807) is 0 Å². The van der Waals surface area contributed by atoms with E-state index in [4.69, 9.17) is 28.5 Å². The molecule has 2 heterocycles. The Hall–Kier alpha value is -5.35. The summed E-state index contributed by atoms with van der Waals surface area (Å²) in [5.41, 5.74) is 9.34. The zero-order valence-electron chi connectivity index (χ0n) is 24.4. The van der Waals surface area contributed by atoms with E-state index in [2.05, 4.69) is 96.0 Å². The Balaban J connectivity index is 1.42. The average molecular weight is 567 g/mol. The monoisotopic (exact) mass is 567 g/mol. The van der Waals surface area contributed by atoms with Crippen molar-refractivity contribution < 1.29 is 0 Å². The lowest BCUT2D eigenvalue weighted by Gasteiger charge is -2.24. The van der Waals surface area contributed by atoms with Gasteiger partial charge in [0.25, 0.3) is 0 Å². The Morgan fingerprint density at radius 1 is 0.489 bits per heavy atom. The standard InChI is InChI=1S/C39H24B3N3/c40-39(41,42)38-44-33-14-6-8-16-35(33)45(38)34-15-7-5-13-32(34)37-30-11-3-1-9-28(30)36(29-10-2-4-12-31(29)37)27-19-17-25(18-20-27)26-21-23-43-24-22-26/h1-24H. The van der Waals surface area contributed by atoms with Gasteiger partial charge >= 0.3 is 0 Å². The van der Waals surface area contributed by atoms with Gasteiger partial charge in [-0.3, -0.25) is 9.55 Å². The van der Waals surface area contributed by atoms with Crippen LogP contribution >= 0.6 is 0 Å². The van der Waals surface area contributed by atoms with Crippen molar-refractivity contribution in [2.45, 2.75) is 5.11 Å². The second-order valence-electron chi connectivity index (χ2n) is 11.4. The summed E-state index contributed by atoms with van der Waals surface area (Å²) in [7, 11) is 19.0. The third-order valence-corrected chi connectivity index (χ3v) is 8.48. The minimum Gasteiger partial charge on any atom is -0.297 e. The van der Waals surface area contributed by atoms with Crippen molar-refractivity contribution in [2.24, 2.45) is 0 Å². The van der Waals surface area contributed by atoms with Gasteiger partial charge in [-0.15, -0.1) is 0 Å². The van der Waals surface area contributed by atoms with Crippen molar-refractivity contribution in [2.75, 3.05) is 0 Å². The van der Waals surface area contributed by atoms with Crippen molar-refractivity contribution in [3.8, 4) is 39.1 Å². The first-order chi connectivity index (χ1) is 22.0. The van der Waals surface area contributed by atoms with Crippen LogP contribution in [-0.4, -0.2) is 38.1 Å². The van der Waals surface area contributed by atoms with Crippen LogP contribution in [0, 0.1) is 0 Å². The molecule has 0 fully saturated rings. The Kier molecular flexibility index (Phi) is 6.46. The maximum absolute atomic E-state index is 6.33. The van der Waals surface area contributed by atoms with E-state index >= 15 is 0 Å². The molecule has 0 unspecified atom stereocenters. The summed E-state index contributed by atoms with van der Waals surface area (Å²) in [6.07, 6.45) is 3.65. The van der Waals surface area contributed by atoms with Gasteiger partial charge in [-0.05, 0) is 79.7 Å². The van der Waals surface area contributed by atoms with Crippen molar-refractivity contribution in [3.05, 3.63) is 152 Å². The van der Waals surface area contributed by atoms with Crippen LogP contribution in [0.15, 0.2) is 146 Å². The normalized spacial score (nSPS) is 11.8. The van der Waals surface area contributed by atoms with Crippen molar-refractivity contribution in [3.63, 3.8) is 0 Å². The zero-order chi connectivity index (χ0) is 30.5. The van der Waals surface area contributed by atoms with Crippen LogP contribution < -0.4 is 0 Å². The van der Waals surface area contributed by atoms with Gasteiger partial charge in [0.15, 0.2) is 0 Å². The lowest BCUT2D eigenvalue weighted by Crippen LogP contribution is -2.31. The highest BCUT2D eigenvalue weighted by Gasteiger charge is 2.25. The minimum atomic E-state index is -1.65. The highest BCUT2D eigenvalue weighted by molar-refractivity contribution is 6.58. The smallest absolute Gasteiger partial charge is 0.0951 e. The molecule has 8 rings (SSSR count). The highest BCUT2D eigenvalue weighted by Crippen LogP contribution is 2.45. The van der Waals surface area contributed by atoms with Gasteiger partial charge in [0.1, 0.15) is 0 Å². The van der Waals surface area contributed by atoms with E-state index in [1.165, 1.54) is 16.3 Å².